The van der Waals surface area contributed by atoms with Crippen molar-refractivity contribution in [2.45, 2.75) is 24.7 Å². The topological polar surface area (TPSA) is 43.8 Å². The highest BCUT2D eigenvalue weighted by Gasteiger charge is 2.46. The van der Waals surface area contributed by atoms with Gasteiger partial charge in [0.15, 0.2) is 0 Å². The average Bonchev–Trinajstić information content (AvgIpc) is 2.38. The number of carbonyl (C=O) groups is 1. The van der Waals surface area contributed by atoms with Crippen molar-refractivity contribution in [3.05, 3.63) is 28.2 Å². The van der Waals surface area contributed by atoms with Crippen molar-refractivity contribution in [1.82, 2.24) is 4.90 Å². The molecule has 0 bridgehead atoms. The smallest absolute Gasteiger partial charge is 0.314 e. The van der Waals surface area contributed by atoms with Crippen molar-refractivity contribution in [1.29, 1.82) is 0 Å². The first kappa shape index (κ1) is 14.9. The summed E-state index contributed by atoms with van der Waals surface area (Å²) in [5, 5.41) is 9.54. The molecule has 0 spiro atoms. The number of likely N-dealkylation sites (N-methyl/N-ethyl adjacent to an activating group) is 1. The van der Waals surface area contributed by atoms with Crippen LogP contribution >= 0.6 is 15.9 Å². The Morgan fingerprint density at radius 1 is 1.24 bits per heavy atom. The molecule has 0 radical (unpaired) electrons. The van der Waals surface area contributed by atoms with Crippen LogP contribution in [0.4, 0.5) is 5.69 Å². The maximum absolute atomic E-state index is 11.6. The van der Waals surface area contributed by atoms with E-state index < -0.39 is 11.4 Å². The maximum Gasteiger partial charge on any atom is 0.314 e. The zero-order chi connectivity index (χ0) is 15.0. The van der Waals surface area contributed by atoms with Crippen molar-refractivity contribution in [3.8, 4) is 0 Å². The van der Waals surface area contributed by atoms with Gasteiger partial charge in [-0.1, -0.05) is 12.5 Å². The van der Waals surface area contributed by atoms with Crippen LogP contribution in [-0.2, 0) is 10.2 Å². The van der Waals surface area contributed by atoms with Gasteiger partial charge in [0.2, 0.25) is 0 Å². The van der Waals surface area contributed by atoms with Crippen LogP contribution in [0.3, 0.4) is 0 Å². The number of halogens is 1. The number of benzene rings is 1. The van der Waals surface area contributed by atoms with Crippen LogP contribution in [-0.4, -0.2) is 49.2 Å². The number of rotatable bonds is 3. The zero-order valence-corrected chi connectivity index (χ0v) is 13.9. The second kappa shape index (κ2) is 5.61. The van der Waals surface area contributed by atoms with Gasteiger partial charge >= 0.3 is 5.97 Å². The van der Waals surface area contributed by atoms with E-state index in [2.05, 4.69) is 38.8 Å². The fourth-order valence-corrected chi connectivity index (χ4v) is 3.89. The van der Waals surface area contributed by atoms with E-state index >= 15 is 0 Å². The molecule has 2 aliphatic rings. The largest absolute Gasteiger partial charge is 0.481 e. The standard InChI is InChI=1S/C16H21BrN2O2/c1-18-7-9-19(10-8-18)14-4-3-12(11-13(14)17)16(15(20)21)5-2-6-16/h3-4,11H,2,5-10H2,1H3,(H,20,21). The molecule has 5 heteroatoms. The normalized spacial score (nSPS) is 21.9. The molecule has 0 aromatic heterocycles. The Labute approximate surface area is 133 Å². The van der Waals surface area contributed by atoms with Crippen LogP contribution in [0.1, 0.15) is 24.8 Å². The van der Waals surface area contributed by atoms with Crippen LogP contribution in [0, 0.1) is 0 Å². The molecule has 1 aliphatic heterocycles. The second-order valence-electron chi connectivity index (χ2n) is 6.20. The Bertz CT molecular complexity index is 549. The highest BCUT2D eigenvalue weighted by molar-refractivity contribution is 9.10. The van der Waals surface area contributed by atoms with Gasteiger partial charge in [-0.05, 0) is 53.5 Å². The Hall–Kier alpha value is -1.07. The summed E-state index contributed by atoms with van der Waals surface area (Å²) in [5.74, 6) is -0.687. The van der Waals surface area contributed by atoms with Crippen molar-refractivity contribution >= 4 is 27.6 Å². The molecule has 3 rings (SSSR count). The molecule has 1 saturated heterocycles. The lowest BCUT2D eigenvalue weighted by Crippen LogP contribution is -2.45. The first-order chi connectivity index (χ1) is 10.0. The molecule has 0 unspecified atom stereocenters. The van der Waals surface area contributed by atoms with Crippen molar-refractivity contribution in [2.24, 2.45) is 0 Å². The van der Waals surface area contributed by atoms with Crippen LogP contribution in [0.15, 0.2) is 22.7 Å². The molecule has 1 aromatic rings. The molecule has 4 nitrogen and oxygen atoms in total. The lowest BCUT2D eigenvalue weighted by atomic mass is 9.64. The Kier molecular flexibility index (Phi) is 3.97. The number of nitrogens with zero attached hydrogens (tertiary/aromatic N) is 2. The summed E-state index contributed by atoms with van der Waals surface area (Å²) in [5.41, 5.74) is 1.46. The number of anilines is 1. The number of aliphatic carboxylic acids is 1. The van der Waals surface area contributed by atoms with Crippen LogP contribution in [0.25, 0.3) is 0 Å². The van der Waals surface area contributed by atoms with Gasteiger partial charge in [0.1, 0.15) is 0 Å². The molecule has 1 aromatic carbocycles. The Morgan fingerprint density at radius 2 is 1.90 bits per heavy atom. The molecule has 1 aliphatic carbocycles. The van der Waals surface area contributed by atoms with Gasteiger partial charge in [-0.2, -0.15) is 0 Å². The average molecular weight is 353 g/mol. The summed E-state index contributed by atoms with van der Waals surface area (Å²) < 4.78 is 1.01. The predicted octanol–water partition coefficient (Wildman–Crippen LogP) is 2.71. The second-order valence-corrected chi connectivity index (χ2v) is 7.05. The summed E-state index contributed by atoms with van der Waals surface area (Å²) in [6.45, 7) is 4.15. The van der Waals surface area contributed by atoms with Gasteiger partial charge in [0.25, 0.3) is 0 Å². The number of piperazine rings is 1. The summed E-state index contributed by atoms with van der Waals surface area (Å²) in [6, 6.07) is 6.10. The first-order valence-electron chi connectivity index (χ1n) is 7.50. The van der Waals surface area contributed by atoms with Gasteiger partial charge in [-0.15, -0.1) is 0 Å². The van der Waals surface area contributed by atoms with Crippen LogP contribution in [0.5, 0.6) is 0 Å². The lowest BCUT2D eigenvalue weighted by molar-refractivity contribution is -0.147. The highest BCUT2D eigenvalue weighted by atomic mass is 79.9. The minimum atomic E-state index is -0.687. The molecule has 1 N–H and O–H groups in total. The molecular weight excluding hydrogens is 332 g/mol. The number of carboxylic acid groups (broad SMARTS) is 1. The third kappa shape index (κ3) is 2.57. The Balaban J connectivity index is 1.85. The Morgan fingerprint density at radius 3 is 2.38 bits per heavy atom. The SMILES string of the molecule is CN1CCN(c2ccc(C3(C(=O)O)CCC3)cc2Br)CC1. The monoisotopic (exact) mass is 352 g/mol. The van der Waals surface area contributed by atoms with Gasteiger partial charge in [0, 0.05) is 30.7 Å². The fraction of sp³-hybridized carbons (Fsp3) is 0.562. The first-order valence-corrected chi connectivity index (χ1v) is 8.29. The molecule has 1 saturated carbocycles. The number of hydrogen-bond acceptors (Lipinski definition) is 3. The fourth-order valence-electron chi connectivity index (χ4n) is 3.26. The summed E-state index contributed by atoms with van der Waals surface area (Å²) in [4.78, 5) is 16.3. The summed E-state index contributed by atoms with van der Waals surface area (Å²) in [7, 11) is 2.14. The molecule has 1 heterocycles. The van der Waals surface area contributed by atoms with E-state index in [1.165, 1.54) is 5.69 Å². The molecular formula is C16H21BrN2O2. The van der Waals surface area contributed by atoms with E-state index in [1.807, 2.05) is 12.1 Å². The number of hydrogen-bond donors (Lipinski definition) is 1. The van der Waals surface area contributed by atoms with Gasteiger partial charge in [0.05, 0.1) is 11.1 Å². The van der Waals surface area contributed by atoms with Gasteiger partial charge < -0.3 is 14.9 Å². The number of carboxylic acids is 1. The van der Waals surface area contributed by atoms with Gasteiger partial charge in [-0.3, -0.25) is 4.79 Å². The molecule has 21 heavy (non-hydrogen) atoms. The molecule has 0 atom stereocenters. The third-order valence-electron chi connectivity index (χ3n) is 4.96. The minimum Gasteiger partial charge on any atom is -0.481 e. The van der Waals surface area contributed by atoms with E-state index in [0.717, 1.165) is 55.5 Å². The molecule has 2 fully saturated rings. The quantitative estimate of drug-likeness (QED) is 0.908. The minimum absolute atomic E-state index is 0.650. The van der Waals surface area contributed by atoms with Gasteiger partial charge in [-0.25, -0.2) is 0 Å². The predicted molar refractivity (Wildman–Crippen MR) is 87.0 cm³/mol. The third-order valence-corrected chi connectivity index (χ3v) is 5.60. The zero-order valence-electron chi connectivity index (χ0n) is 12.3. The molecule has 114 valence electrons. The van der Waals surface area contributed by atoms with Crippen molar-refractivity contribution in [3.63, 3.8) is 0 Å². The van der Waals surface area contributed by atoms with Crippen molar-refractivity contribution in [2.75, 3.05) is 38.1 Å². The van der Waals surface area contributed by atoms with E-state index in [9.17, 15) is 9.90 Å². The molecule has 0 amide bonds. The van der Waals surface area contributed by atoms with Crippen LogP contribution < -0.4 is 4.90 Å². The highest BCUT2D eigenvalue weighted by Crippen LogP contribution is 2.45. The van der Waals surface area contributed by atoms with Crippen molar-refractivity contribution < 1.29 is 9.90 Å². The van der Waals surface area contributed by atoms with E-state index in [-0.39, 0.29) is 0 Å². The van der Waals surface area contributed by atoms with E-state index in [1.54, 1.807) is 0 Å². The van der Waals surface area contributed by atoms with E-state index in [0.29, 0.717) is 0 Å². The van der Waals surface area contributed by atoms with Crippen LogP contribution in [0.2, 0.25) is 0 Å². The summed E-state index contributed by atoms with van der Waals surface area (Å²) >= 11 is 3.64. The van der Waals surface area contributed by atoms with E-state index in [4.69, 9.17) is 0 Å². The summed E-state index contributed by atoms with van der Waals surface area (Å²) in [6.07, 6.45) is 2.51. The lowest BCUT2D eigenvalue weighted by Gasteiger charge is -2.39. The maximum atomic E-state index is 11.6.